The third-order valence-electron chi connectivity index (χ3n) is 4.76. The predicted octanol–water partition coefficient (Wildman–Crippen LogP) is 3.23. The lowest BCUT2D eigenvalue weighted by Gasteiger charge is -2.34. The van der Waals surface area contributed by atoms with Crippen molar-refractivity contribution in [1.29, 1.82) is 0 Å². The van der Waals surface area contributed by atoms with Crippen molar-refractivity contribution < 1.29 is 9.59 Å². The summed E-state index contributed by atoms with van der Waals surface area (Å²) >= 11 is 0. The van der Waals surface area contributed by atoms with Gasteiger partial charge in [0.05, 0.1) is 0 Å². The first-order valence-electron chi connectivity index (χ1n) is 7.22. The number of hydrogen-bond donors (Lipinski definition) is 0. The quantitative estimate of drug-likeness (QED) is 0.664. The first-order chi connectivity index (χ1) is 8.77. The Morgan fingerprint density at radius 3 is 2.28 bits per heavy atom. The molecular formula is C16H20O2. The van der Waals surface area contributed by atoms with Crippen LogP contribution in [0.5, 0.6) is 0 Å². The van der Waals surface area contributed by atoms with Crippen molar-refractivity contribution in [2.24, 2.45) is 17.8 Å². The van der Waals surface area contributed by atoms with Gasteiger partial charge in [-0.25, -0.2) is 0 Å². The molecule has 3 aliphatic rings. The molecule has 0 amide bonds. The van der Waals surface area contributed by atoms with E-state index in [0.29, 0.717) is 5.92 Å². The lowest BCUT2D eigenvalue weighted by atomic mass is 9.68. The summed E-state index contributed by atoms with van der Waals surface area (Å²) in [5, 5.41) is 0. The van der Waals surface area contributed by atoms with Crippen molar-refractivity contribution in [2.75, 3.05) is 0 Å². The summed E-state index contributed by atoms with van der Waals surface area (Å²) in [6.07, 6.45) is 13.2. The van der Waals surface area contributed by atoms with Gasteiger partial charge in [-0.1, -0.05) is 31.4 Å². The molecule has 3 aliphatic carbocycles. The highest BCUT2D eigenvalue weighted by atomic mass is 16.1. The van der Waals surface area contributed by atoms with Crippen molar-refractivity contribution in [3.05, 3.63) is 23.8 Å². The summed E-state index contributed by atoms with van der Waals surface area (Å²) < 4.78 is 0. The fourth-order valence-corrected chi connectivity index (χ4v) is 3.70. The largest absolute Gasteiger partial charge is 0.294 e. The van der Waals surface area contributed by atoms with Crippen LogP contribution in [0.4, 0.5) is 0 Å². The molecule has 18 heavy (non-hydrogen) atoms. The Labute approximate surface area is 108 Å². The summed E-state index contributed by atoms with van der Waals surface area (Å²) in [7, 11) is 0. The maximum Gasteiger partial charge on any atom is 0.163 e. The van der Waals surface area contributed by atoms with E-state index >= 15 is 0 Å². The third kappa shape index (κ3) is 1.98. The molecule has 1 saturated carbocycles. The first kappa shape index (κ1) is 11.9. The van der Waals surface area contributed by atoms with Gasteiger partial charge in [-0.05, 0) is 37.7 Å². The van der Waals surface area contributed by atoms with E-state index in [2.05, 4.69) is 6.08 Å². The number of hydrogen-bond acceptors (Lipinski definition) is 2. The van der Waals surface area contributed by atoms with E-state index in [1.54, 1.807) is 6.08 Å². The number of fused-ring (bicyclic) bond motifs is 1. The smallest absolute Gasteiger partial charge is 0.163 e. The number of carbonyl (C=O) groups excluding carboxylic acids is 2. The molecule has 2 unspecified atom stereocenters. The third-order valence-corrected chi connectivity index (χ3v) is 4.76. The average molecular weight is 244 g/mol. The summed E-state index contributed by atoms with van der Waals surface area (Å²) in [5.41, 5.74) is 0.858. The molecule has 0 saturated heterocycles. The Kier molecular flexibility index (Phi) is 3.19. The monoisotopic (exact) mass is 244 g/mol. The molecular weight excluding hydrogens is 224 g/mol. The normalized spacial score (nSPS) is 33.2. The van der Waals surface area contributed by atoms with Crippen molar-refractivity contribution in [3.8, 4) is 0 Å². The van der Waals surface area contributed by atoms with Crippen LogP contribution in [0.2, 0.25) is 0 Å². The molecule has 0 aromatic heterocycles. The van der Waals surface area contributed by atoms with Crippen LogP contribution in [0.1, 0.15) is 44.9 Å². The second kappa shape index (κ2) is 4.83. The minimum atomic E-state index is -0.0603. The molecule has 96 valence electrons. The standard InChI is InChI=1S/C16H20O2/c17-15-10-14(11-6-2-1-3-7-11)16(18)13-9-5-4-8-12(13)15/h4-5,10-13H,1-3,6-9H2. The molecule has 2 atom stereocenters. The molecule has 2 nitrogen and oxygen atoms in total. The van der Waals surface area contributed by atoms with Crippen molar-refractivity contribution in [3.63, 3.8) is 0 Å². The molecule has 0 spiro atoms. The number of Topliss-reactive ketones (excluding diaryl/α,β-unsaturated/α-hetero) is 1. The van der Waals surface area contributed by atoms with Gasteiger partial charge < -0.3 is 0 Å². The van der Waals surface area contributed by atoms with Gasteiger partial charge in [0.1, 0.15) is 0 Å². The predicted molar refractivity (Wildman–Crippen MR) is 70.0 cm³/mol. The van der Waals surface area contributed by atoms with E-state index in [0.717, 1.165) is 31.3 Å². The SMILES string of the molecule is O=C1C=C(C2CCCCC2)C(=O)C2CC=CCC12. The molecule has 0 heterocycles. The summed E-state index contributed by atoms with van der Waals surface area (Å²) in [5.74, 6) is 0.724. The minimum absolute atomic E-state index is 0.0515. The zero-order valence-electron chi connectivity index (χ0n) is 10.7. The second-order valence-corrected chi connectivity index (χ2v) is 5.86. The molecule has 0 aromatic rings. The Morgan fingerprint density at radius 1 is 0.889 bits per heavy atom. The molecule has 0 radical (unpaired) electrons. The van der Waals surface area contributed by atoms with Crippen LogP contribution in [0.15, 0.2) is 23.8 Å². The number of allylic oxidation sites excluding steroid dienone is 4. The second-order valence-electron chi connectivity index (χ2n) is 5.86. The van der Waals surface area contributed by atoms with Crippen LogP contribution < -0.4 is 0 Å². The summed E-state index contributed by atoms with van der Waals surface area (Å²) in [4.78, 5) is 24.7. The molecule has 0 N–H and O–H groups in total. The van der Waals surface area contributed by atoms with Crippen LogP contribution in [-0.2, 0) is 9.59 Å². The molecule has 1 fully saturated rings. The molecule has 0 aromatic carbocycles. The van der Waals surface area contributed by atoms with E-state index in [-0.39, 0.29) is 23.4 Å². The topological polar surface area (TPSA) is 34.1 Å². The van der Waals surface area contributed by atoms with Gasteiger partial charge >= 0.3 is 0 Å². The number of ketones is 2. The Hall–Kier alpha value is -1.18. The van der Waals surface area contributed by atoms with Crippen LogP contribution in [0, 0.1) is 17.8 Å². The lowest BCUT2D eigenvalue weighted by molar-refractivity contribution is -0.130. The van der Waals surface area contributed by atoms with E-state index in [9.17, 15) is 9.59 Å². The van der Waals surface area contributed by atoms with Gasteiger partial charge in [0.2, 0.25) is 0 Å². The molecule has 3 rings (SSSR count). The lowest BCUT2D eigenvalue weighted by Crippen LogP contribution is -2.37. The fourth-order valence-electron chi connectivity index (χ4n) is 3.70. The number of carbonyl (C=O) groups is 2. The van der Waals surface area contributed by atoms with Crippen molar-refractivity contribution in [2.45, 2.75) is 44.9 Å². The highest BCUT2D eigenvalue weighted by Gasteiger charge is 2.40. The highest BCUT2D eigenvalue weighted by Crippen LogP contribution is 2.39. The van der Waals surface area contributed by atoms with Crippen LogP contribution in [0.25, 0.3) is 0 Å². The van der Waals surface area contributed by atoms with Gasteiger partial charge in [0.15, 0.2) is 11.6 Å². The Balaban J connectivity index is 1.86. The van der Waals surface area contributed by atoms with Crippen molar-refractivity contribution >= 4 is 11.6 Å². The molecule has 0 bridgehead atoms. The molecule has 2 heteroatoms. The Bertz CT molecular complexity index is 424. The Morgan fingerprint density at radius 2 is 1.56 bits per heavy atom. The van der Waals surface area contributed by atoms with E-state index in [4.69, 9.17) is 0 Å². The van der Waals surface area contributed by atoms with Gasteiger partial charge in [-0.15, -0.1) is 0 Å². The summed E-state index contributed by atoms with van der Waals surface area (Å²) in [6.45, 7) is 0. The summed E-state index contributed by atoms with van der Waals surface area (Å²) in [6, 6.07) is 0. The first-order valence-corrected chi connectivity index (χ1v) is 7.22. The van der Waals surface area contributed by atoms with Gasteiger partial charge in [0, 0.05) is 17.4 Å². The fraction of sp³-hybridized carbons (Fsp3) is 0.625. The van der Waals surface area contributed by atoms with Crippen LogP contribution >= 0.6 is 0 Å². The molecule has 0 aliphatic heterocycles. The average Bonchev–Trinajstić information content (AvgIpc) is 2.44. The zero-order valence-corrected chi connectivity index (χ0v) is 10.7. The highest BCUT2D eigenvalue weighted by molar-refractivity contribution is 6.11. The minimum Gasteiger partial charge on any atom is -0.294 e. The van der Waals surface area contributed by atoms with Gasteiger partial charge in [-0.2, -0.15) is 0 Å². The number of rotatable bonds is 1. The maximum absolute atomic E-state index is 12.6. The van der Waals surface area contributed by atoms with Gasteiger partial charge in [0.25, 0.3) is 0 Å². The van der Waals surface area contributed by atoms with Crippen LogP contribution in [0.3, 0.4) is 0 Å². The van der Waals surface area contributed by atoms with Gasteiger partial charge in [-0.3, -0.25) is 9.59 Å². The maximum atomic E-state index is 12.6. The van der Waals surface area contributed by atoms with E-state index < -0.39 is 0 Å². The van der Waals surface area contributed by atoms with Crippen molar-refractivity contribution in [1.82, 2.24) is 0 Å². The van der Waals surface area contributed by atoms with Crippen LogP contribution in [-0.4, -0.2) is 11.6 Å². The zero-order chi connectivity index (χ0) is 12.5. The van der Waals surface area contributed by atoms with E-state index in [1.807, 2.05) is 6.08 Å². The van der Waals surface area contributed by atoms with E-state index in [1.165, 1.54) is 19.3 Å².